The van der Waals surface area contributed by atoms with E-state index in [1.807, 2.05) is 13.8 Å². The molecular formula is C21H24Cl2N2O4. The summed E-state index contributed by atoms with van der Waals surface area (Å²) in [6, 6.07) is 9.16. The fraction of sp³-hybridized carbons (Fsp3) is 0.333. The number of nitrogens with one attached hydrogen (secondary N) is 2. The van der Waals surface area contributed by atoms with Gasteiger partial charge in [-0.05, 0) is 35.7 Å². The molecule has 29 heavy (non-hydrogen) atoms. The van der Waals surface area contributed by atoms with Crippen molar-refractivity contribution in [1.82, 2.24) is 10.6 Å². The minimum atomic E-state index is -0.731. The van der Waals surface area contributed by atoms with E-state index in [1.165, 1.54) is 14.2 Å². The molecule has 2 N–H and O–H groups in total. The summed E-state index contributed by atoms with van der Waals surface area (Å²) < 4.78 is 10.4. The van der Waals surface area contributed by atoms with Crippen molar-refractivity contribution in [1.29, 1.82) is 0 Å². The van der Waals surface area contributed by atoms with Crippen LogP contribution in [0.4, 0.5) is 0 Å². The van der Waals surface area contributed by atoms with Crippen LogP contribution in [0.2, 0.25) is 10.0 Å². The van der Waals surface area contributed by atoms with Crippen LogP contribution < -0.4 is 20.1 Å². The number of carbonyl (C=O) groups is 2. The summed E-state index contributed by atoms with van der Waals surface area (Å²) in [6.07, 6.45) is 0. The number of benzene rings is 2. The lowest BCUT2D eigenvalue weighted by Crippen LogP contribution is -2.49. The van der Waals surface area contributed by atoms with Gasteiger partial charge in [0.15, 0.2) is 0 Å². The Morgan fingerprint density at radius 2 is 1.62 bits per heavy atom. The van der Waals surface area contributed by atoms with Crippen molar-refractivity contribution in [3.63, 3.8) is 0 Å². The Bertz CT molecular complexity index is 865. The minimum Gasteiger partial charge on any atom is -0.497 e. The predicted molar refractivity (Wildman–Crippen MR) is 114 cm³/mol. The number of hydrogen-bond acceptors (Lipinski definition) is 4. The Balaban J connectivity index is 2.10. The van der Waals surface area contributed by atoms with Crippen LogP contribution >= 0.6 is 23.2 Å². The molecule has 0 aromatic heterocycles. The first-order valence-electron chi connectivity index (χ1n) is 9.00. The van der Waals surface area contributed by atoms with Crippen molar-refractivity contribution in [2.75, 3.05) is 14.2 Å². The first-order chi connectivity index (χ1) is 13.7. The van der Waals surface area contributed by atoms with Gasteiger partial charge < -0.3 is 20.1 Å². The maximum absolute atomic E-state index is 12.7. The van der Waals surface area contributed by atoms with E-state index in [-0.39, 0.29) is 18.4 Å². The van der Waals surface area contributed by atoms with Crippen molar-refractivity contribution in [2.45, 2.75) is 26.4 Å². The molecule has 0 saturated heterocycles. The zero-order chi connectivity index (χ0) is 21.6. The van der Waals surface area contributed by atoms with E-state index < -0.39 is 11.9 Å². The first kappa shape index (κ1) is 22.8. The molecule has 0 unspecified atom stereocenters. The Kier molecular flexibility index (Phi) is 8.17. The fourth-order valence-electron chi connectivity index (χ4n) is 2.66. The summed E-state index contributed by atoms with van der Waals surface area (Å²) in [4.78, 5) is 25.4. The Hall–Kier alpha value is -2.44. The zero-order valence-electron chi connectivity index (χ0n) is 16.7. The number of amides is 2. The first-order valence-corrected chi connectivity index (χ1v) is 9.76. The molecular weight excluding hydrogens is 415 g/mol. The lowest BCUT2D eigenvalue weighted by Gasteiger charge is -2.22. The SMILES string of the molecule is COc1cc(OC)cc(C(=O)N[C@H](C(=O)NCc2ccc(Cl)cc2Cl)C(C)C)c1. The molecule has 1 atom stereocenters. The van der Waals surface area contributed by atoms with Crippen LogP contribution in [0.15, 0.2) is 36.4 Å². The van der Waals surface area contributed by atoms with Crippen LogP contribution in [0.5, 0.6) is 11.5 Å². The molecule has 0 aliphatic rings. The van der Waals surface area contributed by atoms with Gasteiger partial charge in [-0.25, -0.2) is 0 Å². The van der Waals surface area contributed by atoms with Crippen LogP contribution in [-0.4, -0.2) is 32.1 Å². The molecule has 0 aliphatic carbocycles. The van der Waals surface area contributed by atoms with Gasteiger partial charge in [-0.2, -0.15) is 0 Å². The minimum absolute atomic E-state index is 0.132. The summed E-state index contributed by atoms with van der Waals surface area (Å²) in [7, 11) is 3.01. The summed E-state index contributed by atoms with van der Waals surface area (Å²) in [5.74, 6) is 0.122. The van der Waals surface area contributed by atoms with E-state index in [2.05, 4.69) is 10.6 Å². The second kappa shape index (κ2) is 10.4. The van der Waals surface area contributed by atoms with Gasteiger partial charge in [-0.1, -0.05) is 43.1 Å². The molecule has 2 amide bonds. The molecule has 0 bridgehead atoms. The van der Waals surface area contributed by atoms with E-state index in [4.69, 9.17) is 32.7 Å². The van der Waals surface area contributed by atoms with E-state index in [1.54, 1.807) is 36.4 Å². The number of methoxy groups -OCH3 is 2. The van der Waals surface area contributed by atoms with Gasteiger partial charge in [0.1, 0.15) is 17.5 Å². The van der Waals surface area contributed by atoms with Crippen molar-refractivity contribution >= 4 is 35.0 Å². The van der Waals surface area contributed by atoms with Gasteiger partial charge in [-0.15, -0.1) is 0 Å². The average molecular weight is 439 g/mol. The lowest BCUT2D eigenvalue weighted by molar-refractivity contribution is -0.124. The highest BCUT2D eigenvalue weighted by Gasteiger charge is 2.25. The van der Waals surface area contributed by atoms with Crippen LogP contribution in [0.3, 0.4) is 0 Å². The highest BCUT2D eigenvalue weighted by molar-refractivity contribution is 6.35. The third-order valence-electron chi connectivity index (χ3n) is 4.32. The molecule has 0 radical (unpaired) electrons. The normalized spacial score (nSPS) is 11.7. The summed E-state index contributed by atoms with van der Waals surface area (Å²) in [6.45, 7) is 3.93. The van der Waals surface area contributed by atoms with E-state index in [9.17, 15) is 9.59 Å². The molecule has 0 spiro atoms. The molecule has 2 aromatic rings. The number of rotatable bonds is 8. The summed E-state index contributed by atoms with van der Waals surface area (Å²) in [5, 5.41) is 6.57. The summed E-state index contributed by atoms with van der Waals surface area (Å²) >= 11 is 12.0. The highest BCUT2D eigenvalue weighted by Crippen LogP contribution is 2.23. The van der Waals surface area contributed by atoms with Crippen LogP contribution in [-0.2, 0) is 11.3 Å². The molecule has 6 nitrogen and oxygen atoms in total. The molecule has 0 saturated carbocycles. The van der Waals surface area contributed by atoms with Crippen molar-refractivity contribution in [3.8, 4) is 11.5 Å². The average Bonchev–Trinajstić information content (AvgIpc) is 2.70. The smallest absolute Gasteiger partial charge is 0.252 e. The highest BCUT2D eigenvalue weighted by atomic mass is 35.5. The van der Waals surface area contributed by atoms with Gasteiger partial charge in [0.25, 0.3) is 5.91 Å². The van der Waals surface area contributed by atoms with E-state index >= 15 is 0 Å². The number of halogens is 2. The number of hydrogen-bond donors (Lipinski definition) is 2. The maximum atomic E-state index is 12.7. The molecule has 0 aliphatic heterocycles. The van der Waals surface area contributed by atoms with Crippen LogP contribution in [0.25, 0.3) is 0 Å². The Morgan fingerprint density at radius 3 is 2.14 bits per heavy atom. The molecule has 2 aromatic carbocycles. The Labute approximate surface area is 180 Å². The molecule has 0 fully saturated rings. The monoisotopic (exact) mass is 438 g/mol. The second-order valence-electron chi connectivity index (χ2n) is 6.75. The largest absolute Gasteiger partial charge is 0.497 e. The number of ether oxygens (including phenoxy) is 2. The fourth-order valence-corrected chi connectivity index (χ4v) is 3.13. The van der Waals surface area contributed by atoms with Gasteiger partial charge in [0.05, 0.1) is 14.2 Å². The van der Waals surface area contributed by atoms with Crippen LogP contribution in [0, 0.1) is 5.92 Å². The molecule has 156 valence electrons. The van der Waals surface area contributed by atoms with Crippen molar-refractivity contribution in [3.05, 3.63) is 57.6 Å². The molecule has 8 heteroatoms. The van der Waals surface area contributed by atoms with Gasteiger partial charge in [-0.3, -0.25) is 9.59 Å². The number of carbonyl (C=O) groups excluding carboxylic acids is 2. The third kappa shape index (κ3) is 6.27. The standard InChI is InChI=1S/C21H24Cl2N2O4/c1-12(2)19(21(27)24-11-13-5-6-15(22)9-18(13)23)25-20(26)14-7-16(28-3)10-17(8-14)29-4/h5-10,12,19H,11H2,1-4H3,(H,24,27)(H,25,26)/t19-/m0/s1. The molecule has 0 heterocycles. The van der Waals surface area contributed by atoms with Crippen molar-refractivity contribution < 1.29 is 19.1 Å². The predicted octanol–water partition coefficient (Wildman–Crippen LogP) is 4.08. The molecule has 2 rings (SSSR count). The maximum Gasteiger partial charge on any atom is 0.252 e. The zero-order valence-corrected chi connectivity index (χ0v) is 18.2. The second-order valence-corrected chi connectivity index (χ2v) is 7.59. The summed E-state index contributed by atoms with van der Waals surface area (Å²) in [5.41, 5.74) is 1.07. The third-order valence-corrected chi connectivity index (χ3v) is 4.90. The van der Waals surface area contributed by atoms with E-state index in [0.717, 1.165) is 5.56 Å². The van der Waals surface area contributed by atoms with Crippen molar-refractivity contribution in [2.24, 2.45) is 5.92 Å². The van der Waals surface area contributed by atoms with Gasteiger partial charge >= 0.3 is 0 Å². The Morgan fingerprint density at radius 1 is 1.00 bits per heavy atom. The van der Waals surface area contributed by atoms with E-state index in [0.29, 0.717) is 27.1 Å². The lowest BCUT2D eigenvalue weighted by atomic mass is 10.0. The van der Waals surface area contributed by atoms with Crippen LogP contribution in [0.1, 0.15) is 29.8 Å². The van der Waals surface area contributed by atoms with Gasteiger partial charge in [0.2, 0.25) is 5.91 Å². The topological polar surface area (TPSA) is 76.7 Å². The quantitative estimate of drug-likeness (QED) is 0.650. The van der Waals surface area contributed by atoms with Gasteiger partial charge in [0, 0.05) is 28.2 Å².